The number of alkyl halides is 6. The molecule has 0 bridgehead atoms. The van der Waals surface area contributed by atoms with E-state index in [4.69, 9.17) is 0 Å². The van der Waals surface area contributed by atoms with Gasteiger partial charge in [-0.2, -0.15) is 26.3 Å². The molecule has 208 valence electrons. The molecule has 0 atom stereocenters. The van der Waals surface area contributed by atoms with E-state index in [9.17, 15) is 26.3 Å². The standard InChI is InChI=1S/C32H33F6N/c1-3-5-19-39(20-6-4-2)30-17-15-26(16-18-30)12-11-24-7-9-25(10-8-24)13-14-27-21-28(31(33,34)35)23-29(22-27)32(36,37)38/h7-18,21-23H,3-6,19-20H2,1-2H3/b12-11+,14-13+. The molecule has 0 spiro atoms. The van der Waals surface area contributed by atoms with Crippen molar-refractivity contribution < 1.29 is 26.3 Å². The maximum absolute atomic E-state index is 13.1. The number of halogens is 6. The van der Waals surface area contributed by atoms with Gasteiger partial charge < -0.3 is 4.90 Å². The van der Waals surface area contributed by atoms with Gasteiger partial charge in [-0.05, 0) is 65.4 Å². The van der Waals surface area contributed by atoms with E-state index in [1.54, 1.807) is 12.1 Å². The van der Waals surface area contributed by atoms with Crippen LogP contribution in [-0.2, 0) is 12.4 Å². The molecule has 0 aliphatic heterocycles. The number of rotatable bonds is 11. The summed E-state index contributed by atoms with van der Waals surface area (Å²) < 4.78 is 78.5. The molecule has 1 nitrogen and oxygen atoms in total. The SMILES string of the molecule is CCCCN(CCCC)c1ccc(/C=C/c2ccc(/C=C/c3cc(C(F)(F)F)cc(C(F)(F)F)c3)cc2)cc1. The Kier molecular flexibility index (Phi) is 10.4. The van der Waals surface area contributed by atoms with Gasteiger partial charge in [-0.15, -0.1) is 0 Å². The third-order valence-corrected chi connectivity index (χ3v) is 6.30. The van der Waals surface area contributed by atoms with Crippen LogP contribution in [0, 0.1) is 0 Å². The lowest BCUT2D eigenvalue weighted by Gasteiger charge is -2.24. The molecule has 0 aliphatic carbocycles. The smallest absolute Gasteiger partial charge is 0.372 e. The van der Waals surface area contributed by atoms with E-state index in [0.717, 1.165) is 49.9 Å². The fraction of sp³-hybridized carbons (Fsp3) is 0.312. The molecule has 7 heteroatoms. The number of anilines is 1. The fourth-order valence-electron chi connectivity index (χ4n) is 4.04. The minimum absolute atomic E-state index is 0.126. The number of benzene rings is 3. The second kappa shape index (κ2) is 13.5. The largest absolute Gasteiger partial charge is 0.416 e. The fourth-order valence-corrected chi connectivity index (χ4v) is 4.04. The van der Waals surface area contributed by atoms with Gasteiger partial charge in [0.25, 0.3) is 0 Å². The molecule has 0 heterocycles. The van der Waals surface area contributed by atoms with Crippen molar-refractivity contribution >= 4 is 30.0 Å². The van der Waals surface area contributed by atoms with Crippen LogP contribution in [-0.4, -0.2) is 13.1 Å². The van der Waals surface area contributed by atoms with Crippen molar-refractivity contribution in [1.29, 1.82) is 0 Å². The highest BCUT2D eigenvalue weighted by molar-refractivity contribution is 5.73. The zero-order valence-electron chi connectivity index (χ0n) is 22.1. The van der Waals surface area contributed by atoms with Gasteiger partial charge in [-0.3, -0.25) is 0 Å². The van der Waals surface area contributed by atoms with E-state index < -0.39 is 23.5 Å². The quantitative estimate of drug-likeness (QED) is 0.171. The van der Waals surface area contributed by atoms with Crippen molar-refractivity contribution in [2.45, 2.75) is 51.9 Å². The Hall–Kier alpha value is -3.48. The van der Waals surface area contributed by atoms with Gasteiger partial charge in [0.05, 0.1) is 11.1 Å². The molecular weight excluding hydrogens is 512 g/mol. The van der Waals surface area contributed by atoms with Gasteiger partial charge in [-0.25, -0.2) is 0 Å². The first kappa shape index (κ1) is 30.1. The minimum atomic E-state index is -4.87. The predicted molar refractivity (Wildman–Crippen MR) is 149 cm³/mol. The van der Waals surface area contributed by atoms with Gasteiger partial charge >= 0.3 is 12.4 Å². The van der Waals surface area contributed by atoms with E-state index >= 15 is 0 Å². The zero-order valence-corrected chi connectivity index (χ0v) is 22.1. The third kappa shape index (κ3) is 9.34. The van der Waals surface area contributed by atoms with Gasteiger partial charge in [-0.1, -0.05) is 87.4 Å². The number of nitrogens with zero attached hydrogens (tertiary/aromatic N) is 1. The molecule has 39 heavy (non-hydrogen) atoms. The molecule has 0 aromatic heterocycles. The highest BCUT2D eigenvalue weighted by Gasteiger charge is 2.36. The van der Waals surface area contributed by atoms with Crippen LogP contribution in [0.15, 0.2) is 66.7 Å². The van der Waals surface area contributed by atoms with Crippen molar-refractivity contribution in [3.63, 3.8) is 0 Å². The van der Waals surface area contributed by atoms with Crippen LogP contribution in [0.4, 0.5) is 32.0 Å². The molecule has 0 N–H and O–H groups in total. The summed E-state index contributed by atoms with van der Waals surface area (Å²) in [5.41, 5.74) is 1.00. The van der Waals surface area contributed by atoms with Gasteiger partial charge in [0.1, 0.15) is 0 Å². The predicted octanol–water partition coefficient (Wildman–Crippen LogP) is 10.5. The maximum Gasteiger partial charge on any atom is 0.416 e. The number of unbranched alkanes of at least 4 members (excludes halogenated alkanes) is 2. The molecule has 3 aromatic rings. The topological polar surface area (TPSA) is 3.24 Å². The summed E-state index contributed by atoms with van der Waals surface area (Å²) in [6.45, 7) is 6.48. The Morgan fingerprint density at radius 1 is 0.538 bits per heavy atom. The van der Waals surface area contributed by atoms with Crippen LogP contribution >= 0.6 is 0 Å². The Morgan fingerprint density at radius 2 is 0.897 bits per heavy atom. The summed E-state index contributed by atoms with van der Waals surface area (Å²) in [6, 6.07) is 17.2. The Morgan fingerprint density at radius 3 is 1.26 bits per heavy atom. The molecule has 0 saturated carbocycles. The van der Waals surface area contributed by atoms with Crippen molar-refractivity contribution in [1.82, 2.24) is 0 Å². The molecule has 3 aromatic carbocycles. The average molecular weight is 546 g/mol. The van der Waals surface area contributed by atoms with Crippen LogP contribution in [0.25, 0.3) is 24.3 Å². The van der Waals surface area contributed by atoms with E-state index in [-0.39, 0.29) is 11.6 Å². The Labute approximate surface area is 226 Å². The van der Waals surface area contributed by atoms with Crippen molar-refractivity contribution in [3.8, 4) is 0 Å². The summed E-state index contributed by atoms with van der Waals surface area (Å²) in [7, 11) is 0. The summed E-state index contributed by atoms with van der Waals surface area (Å²) in [5.74, 6) is 0. The van der Waals surface area contributed by atoms with Crippen molar-refractivity contribution in [3.05, 3.63) is 100 Å². The van der Waals surface area contributed by atoms with Crippen molar-refractivity contribution in [2.24, 2.45) is 0 Å². The number of hydrogen-bond donors (Lipinski definition) is 0. The highest BCUT2D eigenvalue weighted by Crippen LogP contribution is 2.36. The molecule has 0 amide bonds. The lowest BCUT2D eigenvalue weighted by molar-refractivity contribution is -0.143. The molecular formula is C32H33F6N. The first-order valence-corrected chi connectivity index (χ1v) is 13.1. The van der Waals surface area contributed by atoms with Crippen LogP contribution in [0.2, 0.25) is 0 Å². The van der Waals surface area contributed by atoms with Gasteiger partial charge in [0.2, 0.25) is 0 Å². The van der Waals surface area contributed by atoms with Gasteiger partial charge in [0.15, 0.2) is 0 Å². The molecule has 0 fully saturated rings. The highest BCUT2D eigenvalue weighted by atomic mass is 19.4. The van der Waals surface area contributed by atoms with Crippen LogP contribution in [0.1, 0.15) is 72.9 Å². The van der Waals surface area contributed by atoms with Crippen LogP contribution < -0.4 is 4.90 Å². The van der Waals surface area contributed by atoms with E-state index in [0.29, 0.717) is 17.7 Å². The Bertz CT molecular complexity index is 1200. The van der Waals surface area contributed by atoms with E-state index in [1.807, 2.05) is 24.3 Å². The first-order valence-electron chi connectivity index (χ1n) is 13.1. The van der Waals surface area contributed by atoms with E-state index in [2.05, 4.69) is 43.0 Å². The third-order valence-electron chi connectivity index (χ3n) is 6.30. The summed E-state index contributed by atoms with van der Waals surface area (Å²) in [5, 5.41) is 0. The average Bonchev–Trinajstić information content (AvgIpc) is 2.91. The van der Waals surface area contributed by atoms with E-state index in [1.165, 1.54) is 17.8 Å². The molecule has 3 rings (SSSR count). The second-order valence-corrected chi connectivity index (χ2v) is 9.46. The molecule has 0 aliphatic rings. The minimum Gasteiger partial charge on any atom is -0.372 e. The molecule has 0 saturated heterocycles. The zero-order chi connectivity index (χ0) is 28.5. The van der Waals surface area contributed by atoms with Crippen LogP contribution in [0.5, 0.6) is 0 Å². The molecule has 0 radical (unpaired) electrons. The second-order valence-electron chi connectivity index (χ2n) is 9.46. The lowest BCUT2D eigenvalue weighted by atomic mass is 10.0. The lowest BCUT2D eigenvalue weighted by Crippen LogP contribution is -2.25. The summed E-state index contributed by atoms with van der Waals surface area (Å²) >= 11 is 0. The maximum atomic E-state index is 13.1. The summed E-state index contributed by atoms with van der Waals surface area (Å²) in [4.78, 5) is 2.43. The normalized spacial score (nSPS) is 12.5. The first-order chi connectivity index (χ1) is 18.5. The number of hydrogen-bond acceptors (Lipinski definition) is 1. The van der Waals surface area contributed by atoms with Crippen molar-refractivity contribution in [2.75, 3.05) is 18.0 Å². The van der Waals surface area contributed by atoms with Crippen LogP contribution in [0.3, 0.4) is 0 Å². The monoisotopic (exact) mass is 545 g/mol. The van der Waals surface area contributed by atoms with Gasteiger partial charge in [0, 0.05) is 18.8 Å². The molecule has 0 unspecified atom stereocenters. The Balaban J connectivity index is 1.69. The summed E-state index contributed by atoms with van der Waals surface area (Å²) in [6.07, 6.45) is 1.57.